The number of hydrogen-bond donors (Lipinski definition) is 0. The third-order valence-electron chi connectivity index (χ3n) is 1.53. The lowest BCUT2D eigenvalue weighted by Crippen LogP contribution is -2.10. The number of halogens is 3. The molecule has 0 radical (unpaired) electrons. The number of carbonyl (C=O) groups excluding carboxylic acids is 1. The number of hydrogen-bond acceptors (Lipinski definition) is 3. The number of pyridine rings is 1. The molecule has 0 aliphatic rings. The molecule has 0 saturated carbocycles. The van der Waals surface area contributed by atoms with Crippen molar-refractivity contribution in [2.75, 3.05) is 7.11 Å². The predicted molar refractivity (Wildman–Crippen MR) is 40.5 cm³/mol. The van der Waals surface area contributed by atoms with Crippen LogP contribution in [-0.2, 0) is 4.74 Å². The highest BCUT2D eigenvalue weighted by molar-refractivity contribution is 5.88. The molecule has 0 saturated heterocycles. The summed E-state index contributed by atoms with van der Waals surface area (Å²) in [7, 11) is 1.00. The second-order valence-corrected chi connectivity index (χ2v) is 2.35. The average Bonchev–Trinajstić information content (AvgIpc) is 2.15. The van der Waals surface area contributed by atoms with Crippen LogP contribution in [0.2, 0.25) is 0 Å². The van der Waals surface area contributed by atoms with Crippen LogP contribution in [0.15, 0.2) is 12.3 Å². The summed E-state index contributed by atoms with van der Waals surface area (Å²) in [6.07, 6.45) is -2.18. The Bertz CT molecular complexity index is 354. The van der Waals surface area contributed by atoms with Crippen LogP contribution in [0.4, 0.5) is 13.2 Å². The molecular formula is C8H6F3NO2. The maximum atomic E-state index is 12.9. The van der Waals surface area contributed by atoms with Crippen molar-refractivity contribution in [3.05, 3.63) is 29.3 Å². The van der Waals surface area contributed by atoms with Gasteiger partial charge in [0.25, 0.3) is 6.43 Å². The minimum atomic E-state index is -3.10. The zero-order chi connectivity index (χ0) is 10.7. The Kier molecular flexibility index (Phi) is 3.06. The lowest BCUT2D eigenvalue weighted by atomic mass is 10.2. The fourth-order valence-corrected chi connectivity index (χ4v) is 0.917. The molecule has 6 heteroatoms. The highest BCUT2D eigenvalue weighted by Crippen LogP contribution is 2.24. The fourth-order valence-electron chi connectivity index (χ4n) is 0.917. The van der Waals surface area contributed by atoms with E-state index < -0.39 is 29.5 Å². The Labute approximate surface area is 77.5 Å². The lowest BCUT2D eigenvalue weighted by Gasteiger charge is -2.06. The molecule has 0 atom stereocenters. The highest BCUT2D eigenvalue weighted by atomic mass is 19.3. The Balaban J connectivity index is 3.28. The van der Waals surface area contributed by atoms with Gasteiger partial charge in [-0.15, -0.1) is 0 Å². The molecule has 0 unspecified atom stereocenters. The zero-order valence-corrected chi connectivity index (χ0v) is 7.13. The van der Waals surface area contributed by atoms with Gasteiger partial charge in [0.2, 0.25) is 0 Å². The van der Waals surface area contributed by atoms with Crippen LogP contribution in [0.5, 0.6) is 0 Å². The van der Waals surface area contributed by atoms with E-state index in [-0.39, 0.29) is 0 Å². The summed E-state index contributed by atoms with van der Waals surface area (Å²) in [5, 5.41) is 0. The molecule has 0 amide bonds. The van der Waals surface area contributed by atoms with Gasteiger partial charge >= 0.3 is 5.97 Å². The fraction of sp³-hybridized carbons (Fsp3) is 0.250. The summed E-state index contributed by atoms with van der Waals surface area (Å²) in [4.78, 5) is 14.2. The van der Waals surface area contributed by atoms with Crippen molar-refractivity contribution in [3.63, 3.8) is 0 Å². The third-order valence-corrected chi connectivity index (χ3v) is 1.53. The number of ether oxygens (including phenoxy) is 1. The Morgan fingerprint density at radius 2 is 2.21 bits per heavy atom. The molecule has 0 aliphatic heterocycles. The summed E-state index contributed by atoms with van der Waals surface area (Å²) < 4.78 is 41.6. The largest absolute Gasteiger partial charge is 0.464 e. The van der Waals surface area contributed by atoms with Crippen molar-refractivity contribution in [2.24, 2.45) is 0 Å². The summed E-state index contributed by atoms with van der Waals surface area (Å²) in [6.45, 7) is 0. The molecule has 0 spiro atoms. The molecule has 0 fully saturated rings. The molecule has 3 nitrogen and oxygen atoms in total. The van der Waals surface area contributed by atoms with Gasteiger partial charge in [0, 0.05) is 6.20 Å². The number of esters is 1. The molecule has 14 heavy (non-hydrogen) atoms. The number of methoxy groups -OCH3 is 1. The first kappa shape index (κ1) is 10.5. The van der Waals surface area contributed by atoms with Gasteiger partial charge in [-0.2, -0.15) is 0 Å². The predicted octanol–water partition coefficient (Wildman–Crippen LogP) is 1.94. The van der Waals surface area contributed by atoms with Gasteiger partial charge in [-0.25, -0.2) is 22.9 Å². The van der Waals surface area contributed by atoms with E-state index >= 15 is 0 Å². The van der Waals surface area contributed by atoms with Crippen molar-refractivity contribution < 1.29 is 22.7 Å². The molecule has 0 N–H and O–H groups in total. The molecule has 1 aromatic rings. The molecule has 76 valence electrons. The van der Waals surface area contributed by atoms with Gasteiger partial charge in [-0.05, 0) is 6.07 Å². The highest BCUT2D eigenvalue weighted by Gasteiger charge is 2.24. The second-order valence-electron chi connectivity index (χ2n) is 2.35. The smallest absolute Gasteiger partial charge is 0.357 e. The van der Waals surface area contributed by atoms with Gasteiger partial charge in [0.1, 0.15) is 5.82 Å². The molecule has 0 aliphatic carbocycles. The topological polar surface area (TPSA) is 39.2 Å². The summed E-state index contributed by atoms with van der Waals surface area (Å²) in [5.74, 6) is -2.25. The van der Waals surface area contributed by atoms with Crippen molar-refractivity contribution in [1.82, 2.24) is 4.98 Å². The minimum absolute atomic E-state index is 0.692. The van der Waals surface area contributed by atoms with Gasteiger partial charge < -0.3 is 4.74 Å². The van der Waals surface area contributed by atoms with Crippen molar-refractivity contribution in [3.8, 4) is 0 Å². The first-order chi connectivity index (χ1) is 6.57. The van der Waals surface area contributed by atoms with E-state index in [9.17, 15) is 18.0 Å². The van der Waals surface area contributed by atoms with Crippen LogP contribution in [0, 0.1) is 5.82 Å². The number of aromatic nitrogens is 1. The van der Waals surface area contributed by atoms with E-state index in [4.69, 9.17) is 0 Å². The average molecular weight is 205 g/mol. The standard InChI is InChI=1S/C8H6F3NO2/c1-14-8(13)6-5(7(10)11)4(9)2-3-12-6/h2-3,7H,1H3. The normalized spacial score (nSPS) is 10.4. The molecule has 0 aromatic carbocycles. The quantitative estimate of drug-likeness (QED) is 0.692. The van der Waals surface area contributed by atoms with Crippen LogP contribution >= 0.6 is 0 Å². The number of rotatable bonds is 2. The zero-order valence-electron chi connectivity index (χ0n) is 7.13. The first-order valence-corrected chi connectivity index (χ1v) is 3.58. The van der Waals surface area contributed by atoms with Gasteiger partial charge in [0.05, 0.1) is 12.7 Å². The SMILES string of the molecule is COC(=O)c1nccc(F)c1C(F)F. The Hall–Kier alpha value is -1.59. The third kappa shape index (κ3) is 1.84. The molecule has 1 aromatic heterocycles. The first-order valence-electron chi connectivity index (χ1n) is 3.58. The summed E-state index contributed by atoms with van der Waals surface area (Å²) >= 11 is 0. The number of nitrogens with zero attached hydrogens (tertiary/aromatic N) is 1. The van der Waals surface area contributed by atoms with Crippen LogP contribution in [0.1, 0.15) is 22.5 Å². The number of carbonyl (C=O) groups is 1. The lowest BCUT2D eigenvalue weighted by molar-refractivity contribution is 0.0579. The maximum absolute atomic E-state index is 12.9. The van der Waals surface area contributed by atoms with E-state index in [0.29, 0.717) is 0 Å². The Morgan fingerprint density at radius 3 is 2.71 bits per heavy atom. The van der Waals surface area contributed by atoms with Crippen LogP contribution in [-0.4, -0.2) is 18.1 Å². The molecular weight excluding hydrogens is 199 g/mol. The van der Waals surface area contributed by atoms with E-state index in [1.165, 1.54) is 0 Å². The van der Waals surface area contributed by atoms with Crippen molar-refractivity contribution in [2.45, 2.75) is 6.43 Å². The second kappa shape index (κ2) is 4.08. The minimum Gasteiger partial charge on any atom is -0.464 e. The van der Waals surface area contributed by atoms with Gasteiger partial charge in [-0.1, -0.05) is 0 Å². The maximum Gasteiger partial charge on any atom is 0.357 e. The molecule has 0 bridgehead atoms. The van der Waals surface area contributed by atoms with Crippen LogP contribution < -0.4 is 0 Å². The van der Waals surface area contributed by atoms with Gasteiger partial charge in [-0.3, -0.25) is 0 Å². The molecule has 1 heterocycles. The molecule has 1 rings (SSSR count). The summed E-state index contributed by atoms with van der Waals surface area (Å²) in [5.41, 5.74) is -1.72. The van der Waals surface area contributed by atoms with E-state index in [1.807, 2.05) is 0 Å². The summed E-state index contributed by atoms with van der Waals surface area (Å²) in [6, 6.07) is 0.758. The van der Waals surface area contributed by atoms with E-state index in [1.54, 1.807) is 0 Å². The monoisotopic (exact) mass is 205 g/mol. The van der Waals surface area contributed by atoms with E-state index in [2.05, 4.69) is 9.72 Å². The number of alkyl halides is 2. The van der Waals surface area contributed by atoms with Crippen molar-refractivity contribution in [1.29, 1.82) is 0 Å². The van der Waals surface area contributed by atoms with E-state index in [0.717, 1.165) is 19.4 Å². The van der Waals surface area contributed by atoms with Crippen LogP contribution in [0.25, 0.3) is 0 Å². The van der Waals surface area contributed by atoms with Crippen molar-refractivity contribution >= 4 is 5.97 Å². The van der Waals surface area contributed by atoms with Crippen LogP contribution in [0.3, 0.4) is 0 Å². The van der Waals surface area contributed by atoms with Gasteiger partial charge in [0.15, 0.2) is 5.69 Å². The Morgan fingerprint density at radius 1 is 1.57 bits per heavy atom.